The van der Waals surface area contributed by atoms with Crippen molar-refractivity contribution in [3.8, 4) is 5.75 Å². The van der Waals surface area contributed by atoms with Gasteiger partial charge < -0.3 is 5.11 Å². The van der Waals surface area contributed by atoms with Crippen LogP contribution < -0.4 is 0 Å². The number of hydrogen-bond donors (Lipinski definition) is 1. The topological polar surface area (TPSA) is 32.6 Å². The molecule has 2 aromatic rings. The van der Waals surface area contributed by atoms with Crippen LogP contribution in [0.15, 0.2) is 45.9 Å². The van der Waals surface area contributed by atoms with Crippen molar-refractivity contribution in [2.75, 3.05) is 0 Å². The van der Waals surface area contributed by atoms with E-state index < -0.39 is 11.7 Å². The summed E-state index contributed by atoms with van der Waals surface area (Å²) in [5.41, 5.74) is 0.193. The summed E-state index contributed by atoms with van der Waals surface area (Å²) >= 11 is 3.18. The number of benzene rings is 2. The van der Waals surface area contributed by atoms with Crippen LogP contribution in [0.4, 0.5) is 18.9 Å². The Morgan fingerprint density at radius 2 is 1.86 bits per heavy atom. The summed E-state index contributed by atoms with van der Waals surface area (Å²) in [5.74, 6) is -0.0613. The average molecular weight is 358 g/mol. The molecule has 0 spiro atoms. The first kappa shape index (κ1) is 15.6. The highest BCUT2D eigenvalue weighted by Gasteiger charge is 2.32. The van der Waals surface area contributed by atoms with Crippen LogP contribution in [0.2, 0.25) is 0 Å². The molecule has 110 valence electrons. The number of phenols is 1. The van der Waals surface area contributed by atoms with Gasteiger partial charge in [-0.25, -0.2) is 0 Å². The van der Waals surface area contributed by atoms with Crippen molar-refractivity contribution in [3.63, 3.8) is 0 Å². The van der Waals surface area contributed by atoms with Crippen molar-refractivity contribution in [2.24, 2.45) is 4.99 Å². The highest BCUT2D eigenvalue weighted by molar-refractivity contribution is 9.10. The molecule has 0 aromatic heterocycles. The third kappa shape index (κ3) is 3.64. The van der Waals surface area contributed by atoms with Crippen LogP contribution in [0.1, 0.15) is 16.7 Å². The maximum absolute atomic E-state index is 12.9. The van der Waals surface area contributed by atoms with Crippen molar-refractivity contribution >= 4 is 27.8 Å². The lowest BCUT2D eigenvalue weighted by Gasteiger charge is -2.09. The van der Waals surface area contributed by atoms with E-state index in [1.807, 2.05) is 6.92 Å². The fourth-order valence-corrected chi connectivity index (χ4v) is 2.41. The van der Waals surface area contributed by atoms with Gasteiger partial charge in [-0.1, -0.05) is 12.1 Å². The van der Waals surface area contributed by atoms with Crippen molar-refractivity contribution in [1.82, 2.24) is 0 Å². The molecule has 0 fully saturated rings. The maximum Gasteiger partial charge on any atom is 0.418 e. The van der Waals surface area contributed by atoms with Crippen LogP contribution in [0, 0.1) is 6.92 Å². The van der Waals surface area contributed by atoms with E-state index in [2.05, 4.69) is 20.9 Å². The van der Waals surface area contributed by atoms with Crippen LogP contribution in [0.5, 0.6) is 5.75 Å². The molecular weight excluding hydrogens is 347 g/mol. The number of aromatic hydroxyl groups is 1. The zero-order valence-corrected chi connectivity index (χ0v) is 12.5. The number of aryl methyl sites for hydroxylation is 1. The predicted molar refractivity (Wildman–Crippen MR) is 79.2 cm³/mol. The van der Waals surface area contributed by atoms with Crippen LogP contribution >= 0.6 is 15.9 Å². The molecule has 0 saturated carbocycles. The Bertz CT molecular complexity index is 696. The van der Waals surface area contributed by atoms with Crippen molar-refractivity contribution in [2.45, 2.75) is 13.1 Å². The number of aliphatic imine (C=N–C) groups is 1. The van der Waals surface area contributed by atoms with Gasteiger partial charge in [0.2, 0.25) is 0 Å². The van der Waals surface area contributed by atoms with Gasteiger partial charge in [0.05, 0.1) is 15.7 Å². The highest BCUT2D eigenvalue weighted by Crippen LogP contribution is 2.36. The van der Waals surface area contributed by atoms with Gasteiger partial charge in [0.15, 0.2) is 0 Å². The van der Waals surface area contributed by atoms with Crippen LogP contribution in [0.3, 0.4) is 0 Å². The quantitative estimate of drug-likeness (QED) is 0.733. The largest absolute Gasteiger partial charge is 0.506 e. The molecule has 1 N–H and O–H groups in total. The van der Waals surface area contributed by atoms with E-state index in [0.29, 0.717) is 10.0 Å². The zero-order chi connectivity index (χ0) is 15.6. The number of nitrogens with zero attached hydrogens (tertiary/aromatic N) is 1. The summed E-state index contributed by atoms with van der Waals surface area (Å²) in [7, 11) is 0. The highest BCUT2D eigenvalue weighted by atomic mass is 79.9. The predicted octanol–water partition coefficient (Wildman–Crippen LogP) is 5.23. The second kappa shape index (κ2) is 5.89. The molecule has 21 heavy (non-hydrogen) atoms. The van der Waals surface area contributed by atoms with E-state index in [1.54, 1.807) is 12.1 Å². The van der Waals surface area contributed by atoms with E-state index in [1.165, 1.54) is 24.4 Å². The van der Waals surface area contributed by atoms with Crippen molar-refractivity contribution in [3.05, 3.63) is 57.6 Å². The number of halogens is 4. The molecule has 0 aliphatic rings. The van der Waals surface area contributed by atoms with E-state index in [4.69, 9.17) is 0 Å². The standard InChI is InChI=1S/C15H11BrF3NO/c1-9-6-10(14(21)12(16)7-9)8-20-13-5-3-2-4-11(13)15(17,18)19/h2-8,21H,1H3. The number of phenolic OH excluding ortho intramolecular Hbond substituents is 1. The van der Waals surface area contributed by atoms with Gasteiger partial charge in [-0.15, -0.1) is 0 Å². The van der Waals surface area contributed by atoms with Gasteiger partial charge in [0.1, 0.15) is 5.75 Å². The van der Waals surface area contributed by atoms with Gasteiger partial charge in [-0.3, -0.25) is 4.99 Å². The number of para-hydroxylation sites is 1. The number of rotatable bonds is 2. The molecule has 6 heteroatoms. The molecule has 0 bridgehead atoms. The molecule has 0 unspecified atom stereocenters. The summed E-state index contributed by atoms with van der Waals surface area (Å²) in [4.78, 5) is 3.86. The molecule has 0 saturated heterocycles. The Kier molecular flexibility index (Phi) is 4.37. The Balaban J connectivity index is 2.44. The fourth-order valence-electron chi connectivity index (χ4n) is 1.82. The van der Waals surface area contributed by atoms with Gasteiger partial charge in [0, 0.05) is 11.8 Å². The Hall–Kier alpha value is -1.82. The normalized spacial score (nSPS) is 12.0. The van der Waals surface area contributed by atoms with Gasteiger partial charge in [-0.2, -0.15) is 13.2 Å². The summed E-state index contributed by atoms with van der Waals surface area (Å²) < 4.78 is 39.0. The molecule has 0 aliphatic heterocycles. The first-order valence-corrected chi connectivity index (χ1v) is 6.78. The summed E-state index contributed by atoms with van der Waals surface area (Å²) in [5, 5.41) is 9.87. The van der Waals surface area contributed by atoms with E-state index in [0.717, 1.165) is 11.6 Å². The third-order valence-corrected chi connectivity index (χ3v) is 3.39. The Morgan fingerprint density at radius 3 is 2.52 bits per heavy atom. The Labute approximate surface area is 128 Å². The van der Waals surface area contributed by atoms with Gasteiger partial charge in [0.25, 0.3) is 0 Å². The molecule has 0 atom stereocenters. The smallest absolute Gasteiger partial charge is 0.418 e. The molecule has 0 amide bonds. The summed E-state index contributed by atoms with van der Waals surface area (Å²) in [6, 6.07) is 8.38. The van der Waals surface area contributed by atoms with Crippen LogP contribution in [0.25, 0.3) is 0 Å². The average Bonchev–Trinajstić information content (AvgIpc) is 2.40. The van der Waals surface area contributed by atoms with E-state index >= 15 is 0 Å². The fraction of sp³-hybridized carbons (Fsp3) is 0.133. The van der Waals surface area contributed by atoms with Crippen LogP contribution in [-0.4, -0.2) is 11.3 Å². The molecule has 0 radical (unpaired) electrons. The van der Waals surface area contributed by atoms with E-state index in [9.17, 15) is 18.3 Å². The lowest BCUT2D eigenvalue weighted by atomic mass is 10.1. The number of hydrogen-bond acceptors (Lipinski definition) is 2. The maximum atomic E-state index is 12.9. The second-order valence-electron chi connectivity index (χ2n) is 4.46. The second-order valence-corrected chi connectivity index (χ2v) is 5.31. The lowest BCUT2D eigenvalue weighted by Crippen LogP contribution is -2.04. The monoisotopic (exact) mass is 357 g/mol. The molecule has 0 heterocycles. The molecular formula is C15H11BrF3NO. The van der Waals surface area contributed by atoms with Crippen molar-refractivity contribution in [1.29, 1.82) is 0 Å². The van der Waals surface area contributed by atoms with E-state index in [-0.39, 0.29) is 11.4 Å². The van der Waals surface area contributed by atoms with Gasteiger partial charge in [-0.05, 0) is 52.7 Å². The minimum Gasteiger partial charge on any atom is -0.506 e. The molecule has 2 nitrogen and oxygen atoms in total. The van der Waals surface area contributed by atoms with Crippen LogP contribution in [-0.2, 0) is 6.18 Å². The zero-order valence-electron chi connectivity index (χ0n) is 10.9. The summed E-state index contributed by atoms with van der Waals surface area (Å²) in [6.07, 6.45) is -3.25. The number of alkyl halides is 3. The minimum atomic E-state index is -4.47. The molecule has 0 aliphatic carbocycles. The minimum absolute atomic E-state index is 0.0613. The first-order chi connectivity index (χ1) is 9.79. The van der Waals surface area contributed by atoms with Gasteiger partial charge >= 0.3 is 6.18 Å². The molecule has 2 aromatic carbocycles. The lowest BCUT2D eigenvalue weighted by molar-refractivity contribution is -0.137. The first-order valence-electron chi connectivity index (χ1n) is 5.98. The summed E-state index contributed by atoms with van der Waals surface area (Å²) in [6.45, 7) is 1.81. The van der Waals surface area contributed by atoms with Crippen molar-refractivity contribution < 1.29 is 18.3 Å². The third-order valence-electron chi connectivity index (χ3n) is 2.79. The SMILES string of the molecule is Cc1cc(Br)c(O)c(C=Nc2ccccc2C(F)(F)F)c1. The Morgan fingerprint density at radius 1 is 1.19 bits per heavy atom. The molecule has 2 rings (SSSR count).